The van der Waals surface area contributed by atoms with Gasteiger partial charge in [-0.15, -0.1) is 11.3 Å². The van der Waals surface area contributed by atoms with E-state index in [1.165, 1.54) is 11.3 Å². The van der Waals surface area contributed by atoms with Crippen LogP contribution in [0.2, 0.25) is 0 Å². The fourth-order valence-electron chi connectivity index (χ4n) is 1.19. The van der Waals surface area contributed by atoms with Crippen molar-refractivity contribution in [2.75, 3.05) is 0 Å². The number of carbonyl (C=O) groups excluding carboxylic acids is 1. The number of carboxylic acids is 1. The maximum absolute atomic E-state index is 11.5. The molecule has 1 atom stereocenters. The van der Waals surface area contributed by atoms with Crippen LogP contribution in [0.1, 0.15) is 32.4 Å². The van der Waals surface area contributed by atoms with Crippen molar-refractivity contribution in [2.24, 2.45) is 0 Å². The number of aliphatic carboxylic acids is 1. The molecule has 1 unspecified atom stereocenters. The van der Waals surface area contributed by atoms with E-state index in [-0.39, 0.29) is 0 Å². The van der Waals surface area contributed by atoms with Crippen molar-refractivity contribution in [3.05, 3.63) is 20.8 Å². The monoisotopic (exact) mass is 335 g/mol. The summed E-state index contributed by atoms with van der Waals surface area (Å²) in [6, 6.07) is 0.545. The van der Waals surface area contributed by atoms with E-state index in [4.69, 9.17) is 9.84 Å². The molecule has 0 saturated heterocycles. The Bertz CT molecular complexity index is 452. The number of alkyl carbamates (subject to hydrolysis) is 1. The number of nitrogens with one attached hydrogen (secondary N) is 1. The van der Waals surface area contributed by atoms with E-state index in [9.17, 15) is 9.59 Å². The summed E-state index contributed by atoms with van der Waals surface area (Å²) in [5.41, 5.74) is -0.159. The van der Waals surface area contributed by atoms with Gasteiger partial charge in [-0.2, -0.15) is 0 Å². The third kappa shape index (κ3) is 4.66. The lowest BCUT2D eigenvalue weighted by atomic mass is 10.1. The summed E-state index contributed by atoms with van der Waals surface area (Å²) in [5.74, 6) is -1.13. The highest BCUT2D eigenvalue weighted by Crippen LogP contribution is 2.25. The Morgan fingerprint density at radius 2 is 2.11 bits per heavy atom. The highest BCUT2D eigenvalue weighted by Gasteiger charge is 2.26. The van der Waals surface area contributed by atoms with E-state index in [1.807, 2.05) is 0 Å². The van der Waals surface area contributed by atoms with Crippen LogP contribution in [0.25, 0.3) is 0 Å². The van der Waals surface area contributed by atoms with Gasteiger partial charge in [-0.3, -0.25) is 0 Å². The zero-order valence-electron chi connectivity index (χ0n) is 10.2. The molecule has 0 radical (unpaired) electrons. The molecule has 0 bridgehead atoms. The molecule has 18 heavy (non-hydrogen) atoms. The van der Waals surface area contributed by atoms with Gasteiger partial charge in [-0.05, 0) is 53.7 Å². The molecule has 0 saturated carbocycles. The van der Waals surface area contributed by atoms with Gasteiger partial charge in [0.25, 0.3) is 0 Å². The molecule has 1 heterocycles. The van der Waals surface area contributed by atoms with Gasteiger partial charge in [0.1, 0.15) is 5.60 Å². The van der Waals surface area contributed by atoms with Crippen LogP contribution in [0.3, 0.4) is 0 Å². The van der Waals surface area contributed by atoms with Crippen LogP contribution >= 0.6 is 27.3 Å². The number of hydrogen-bond donors (Lipinski definition) is 2. The number of thiophene rings is 1. The molecule has 1 rings (SSSR count). The third-order valence-corrected chi connectivity index (χ3v) is 3.35. The smallest absolute Gasteiger partial charge is 0.408 e. The van der Waals surface area contributed by atoms with Crippen molar-refractivity contribution in [2.45, 2.75) is 32.4 Å². The zero-order chi connectivity index (χ0) is 13.9. The number of amides is 1. The molecule has 5 nitrogen and oxygen atoms in total. The highest BCUT2D eigenvalue weighted by molar-refractivity contribution is 9.11. The Balaban J connectivity index is 2.76. The molecule has 1 aromatic rings. The van der Waals surface area contributed by atoms with Crippen molar-refractivity contribution in [3.63, 3.8) is 0 Å². The second-order valence-corrected chi connectivity index (χ2v) is 6.89. The van der Waals surface area contributed by atoms with Crippen LogP contribution < -0.4 is 5.32 Å². The first kappa shape index (κ1) is 15.0. The SMILES string of the molecule is CC(C)(C)OC(=O)NC(C(=O)O)c1csc(Br)c1. The lowest BCUT2D eigenvalue weighted by molar-refractivity contribution is -0.139. The number of ether oxygens (including phenoxy) is 1. The first-order chi connectivity index (χ1) is 8.19. The first-order valence-corrected chi connectivity index (χ1v) is 6.82. The van der Waals surface area contributed by atoms with E-state index in [0.717, 1.165) is 3.79 Å². The molecule has 0 aliphatic carbocycles. The van der Waals surface area contributed by atoms with Gasteiger partial charge in [-0.25, -0.2) is 9.59 Å². The minimum absolute atomic E-state index is 0.505. The van der Waals surface area contributed by atoms with Crippen molar-refractivity contribution in [3.8, 4) is 0 Å². The number of hydrogen-bond acceptors (Lipinski definition) is 4. The minimum atomic E-state index is -1.13. The number of carboxylic acid groups (broad SMARTS) is 1. The Morgan fingerprint density at radius 3 is 2.50 bits per heavy atom. The summed E-state index contributed by atoms with van der Waals surface area (Å²) < 4.78 is 5.83. The summed E-state index contributed by atoms with van der Waals surface area (Å²) >= 11 is 4.60. The molecule has 7 heteroatoms. The summed E-state index contributed by atoms with van der Waals surface area (Å²) in [4.78, 5) is 22.7. The van der Waals surface area contributed by atoms with E-state index < -0.39 is 23.7 Å². The molecule has 0 aromatic carbocycles. The Labute approximate surface area is 117 Å². The molecular weight excluding hydrogens is 322 g/mol. The Kier molecular flexibility index (Phi) is 4.75. The van der Waals surface area contributed by atoms with E-state index in [1.54, 1.807) is 32.2 Å². The predicted molar refractivity (Wildman–Crippen MR) is 71.8 cm³/mol. The molecule has 0 spiro atoms. The molecule has 1 aromatic heterocycles. The van der Waals surface area contributed by atoms with Crippen LogP contribution in [0.4, 0.5) is 4.79 Å². The van der Waals surface area contributed by atoms with Gasteiger partial charge in [0.2, 0.25) is 0 Å². The second kappa shape index (κ2) is 5.71. The molecule has 100 valence electrons. The molecule has 0 fully saturated rings. The first-order valence-electron chi connectivity index (χ1n) is 5.15. The fourth-order valence-corrected chi connectivity index (χ4v) is 2.39. The largest absolute Gasteiger partial charge is 0.479 e. The zero-order valence-corrected chi connectivity index (χ0v) is 12.6. The number of rotatable bonds is 3. The van der Waals surface area contributed by atoms with Crippen LogP contribution in [0, 0.1) is 0 Å². The maximum atomic E-state index is 11.5. The summed E-state index contributed by atoms with van der Waals surface area (Å²) in [6.07, 6.45) is -0.753. The quantitative estimate of drug-likeness (QED) is 0.889. The Hall–Kier alpha value is -1.08. The molecule has 1 amide bonds. The van der Waals surface area contributed by atoms with Gasteiger partial charge < -0.3 is 15.2 Å². The van der Waals surface area contributed by atoms with E-state index >= 15 is 0 Å². The third-order valence-electron chi connectivity index (χ3n) is 1.83. The van der Waals surface area contributed by atoms with Crippen molar-refractivity contribution in [1.29, 1.82) is 0 Å². The van der Waals surface area contributed by atoms with E-state index in [0.29, 0.717) is 5.56 Å². The van der Waals surface area contributed by atoms with Crippen LogP contribution in [0.15, 0.2) is 15.2 Å². The molecule has 0 aliphatic heterocycles. The average Bonchev–Trinajstić information content (AvgIpc) is 2.57. The van der Waals surface area contributed by atoms with Crippen molar-refractivity contribution >= 4 is 39.3 Å². The second-order valence-electron chi connectivity index (χ2n) is 4.60. The van der Waals surface area contributed by atoms with Crippen LogP contribution in [0.5, 0.6) is 0 Å². The molecule has 2 N–H and O–H groups in total. The normalized spacial score (nSPS) is 12.9. The summed E-state index contributed by atoms with van der Waals surface area (Å²) in [7, 11) is 0. The van der Waals surface area contributed by atoms with Crippen LogP contribution in [-0.4, -0.2) is 22.8 Å². The number of halogens is 1. The maximum Gasteiger partial charge on any atom is 0.408 e. The van der Waals surface area contributed by atoms with Gasteiger partial charge in [0.15, 0.2) is 6.04 Å². The lowest BCUT2D eigenvalue weighted by Gasteiger charge is -2.21. The standard InChI is InChI=1S/C11H14BrNO4S/c1-11(2,3)17-10(16)13-8(9(14)15)6-4-7(12)18-5-6/h4-5,8H,1-3H3,(H,13,16)(H,14,15). The minimum Gasteiger partial charge on any atom is -0.479 e. The average molecular weight is 336 g/mol. The predicted octanol–water partition coefficient (Wildman–Crippen LogP) is 3.16. The fraction of sp³-hybridized carbons (Fsp3) is 0.455. The molecular formula is C11H14BrNO4S. The van der Waals surface area contributed by atoms with Gasteiger partial charge in [-0.1, -0.05) is 0 Å². The van der Waals surface area contributed by atoms with Gasteiger partial charge in [0, 0.05) is 0 Å². The summed E-state index contributed by atoms with van der Waals surface area (Å²) in [5, 5.41) is 13.1. The topological polar surface area (TPSA) is 75.6 Å². The Morgan fingerprint density at radius 1 is 1.50 bits per heavy atom. The summed E-state index contributed by atoms with van der Waals surface area (Å²) in [6.45, 7) is 5.14. The van der Waals surface area contributed by atoms with Crippen LogP contribution in [-0.2, 0) is 9.53 Å². The van der Waals surface area contributed by atoms with Crippen molar-refractivity contribution < 1.29 is 19.4 Å². The number of carbonyl (C=O) groups is 2. The molecule has 0 aliphatic rings. The highest BCUT2D eigenvalue weighted by atomic mass is 79.9. The van der Waals surface area contributed by atoms with Gasteiger partial charge in [0.05, 0.1) is 3.79 Å². The lowest BCUT2D eigenvalue weighted by Crippen LogP contribution is -2.37. The van der Waals surface area contributed by atoms with E-state index in [2.05, 4.69) is 21.2 Å². The van der Waals surface area contributed by atoms with Gasteiger partial charge >= 0.3 is 12.1 Å². The van der Waals surface area contributed by atoms with Crippen molar-refractivity contribution in [1.82, 2.24) is 5.32 Å².